The first kappa shape index (κ1) is 19.4. The third-order valence-electron chi connectivity index (χ3n) is 4.77. The van der Waals surface area contributed by atoms with E-state index >= 15 is 0 Å². The number of amides is 1. The molecule has 1 heterocycles. The van der Waals surface area contributed by atoms with Crippen molar-refractivity contribution < 1.29 is 14.6 Å². The number of nitrogens with zero attached hydrogens (tertiary/aromatic N) is 1. The fourth-order valence-electron chi connectivity index (χ4n) is 3.31. The van der Waals surface area contributed by atoms with E-state index < -0.39 is 6.10 Å². The predicted octanol–water partition coefficient (Wildman–Crippen LogP) is 2.62. The Labute approximate surface area is 161 Å². The number of hydrogen-bond acceptors (Lipinski definition) is 4. The summed E-state index contributed by atoms with van der Waals surface area (Å²) in [6.45, 7) is 5.29. The number of carbonyl (C=O) groups is 1. The van der Waals surface area contributed by atoms with Gasteiger partial charge in [-0.15, -0.1) is 0 Å². The van der Waals surface area contributed by atoms with E-state index in [-0.39, 0.29) is 12.5 Å². The van der Waals surface area contributed by atoms with E-state index in [1.807, 2.05) is 0 Å². The number of carbonyl (C=O) groups excluding carboxylic acids is 1. The van der Waals surface area contributed by atoms with Crippen LogP contribution in [0, 0.1) is 0 Å². The Morgan fingerprint density at radius 3 is 2.67 bits per heavy atom. The average Bonchev–Trinajstić information content (AvgIpc) is 2.70. The molecule has 2 aromatic carbocycles. The zero-order valence-corrected chi connectivity index (χ0v) is 15.9. The standard InChI is InChI=1S/C22H28N2O3/c1-2-13-27-21-9-7-18(8-10-21)22(26)23-14-20(25)16-24-12-11-17-5-3-4-6-19(17)15-24/h3-10,20,25H,2,11-16H2,1H3,(H,23,26). The number of hydrogen-bond donors (Lipinski definition) is 2. The summed E-state index contributed by atoms with van der Waals surface area (Å²) in [4.78, 5) is 14.5. The molecule has 0 aliphatic carbocycles. The van der Waals surface area contributed by atoms with Crippen LogP contribution in [0.4, 0.5) is 0 Å². The molecule has 0 saturated carbocycles. The normalized spacial score (nSPS) is 15.0. The molecule has 144 valence electrons. The monoisotopic (exact) mass is 368 g/mol. The van der Waals surface area contributed by atoms with Crippen molar-refractivity contribution in [1.29, 1.82) is 0 Å². The van der Waals surface area contributed by atoms with Crippen molar-refractivity contribution in [1.82, 2.24) is 10.2 Å². The van der Waals surface area contributed by atoms with Gasteiger partial charge in [0.15, 0.2) is 0 Å². The van der Waals surface area contributed by atoms with Crippen LogP contribution < -0.4 is 10.1 Å². The van der Waals surface area contributed by atoms with E-state index in [9.17, 15) is 9.90 Å². The number of fused-ring (bicyclic) bond motifs is 1. The third kappa shape index (κ3) is 5.55. The number of benzene rings is 2. The highest BCUT2D eigenvalue weighted by atomic mass is 16.5. The molecule has 1 amide bonds. The van der Waals surface area contributed by atoms with Gasteiger partial charge in [-0.05, 0) is 48.2 Å². The minimum atomic E-state index is -0.591. The first-order valence-electron chi connectivity index (χ1n) is 9.64. The van der Waals surface area contributed by atoms with E-state index in [1.165, 1.54) is 11.1 Å². The van der Waals surface area contributed by atoms with Gasteiger partial charge in [-0.1, -0.05) is 31.2 Å². The SMILES string of the molecule is CCCOc1ccc(C(=O)NCC(O)CN2CCc3ccccc3C2)cc1. The van der Waals surface area contributed by atoms with Gasteiger partial charge in [-0.2, -0.15) is 0 Å². The van der Waals surface area contributed by atoms with Gasteiger partial charge in [-0.3, -0.25) is 9.69 Å². The molecule has 27 heavy (non-hydrogen) atoms. The topological polar surface area (TPSA) is 61.8 Å². The van der Waals surface area contributed by atoms with Gasteiger partial charge >= 0.3 is 0 Å². The van der Waals surface area contributed by atoms with Crippen molar-refractivity contribution in [2.24, 2.45) is 0 Å². The average molecular weight is 368 g/mol. The van der Waals surface area contributed by atoms with E-state index in [2.05, 4.69) is 41.4 Å². The second-order valence-corrected chi connectivity index (χ2v) is 6.99. The lowest BCUT2D eigenvalue weighted by molar-refractivity contribution is 0.0842. The molecule has 1 aliphatic heterocycles. The molecule has 0 spiro atoms. The highest BCUT2D eigenvalue weighted by Gasteiger charge is 2.18. The second-order valence-electron chi connectivity index (χ2n) is 6.99. The molecule has 1 unspecified atom stereocenters. The number of aliphatic hydroxyl groups is 1. The maximum Gasteiger partial charge on any atom is 0.251 e. The number of aliphatic hydroxyl groups excluding tert-OH is 1. The molecular formula is C22H28N2O3. The van der Waals surface area contributed by atoms with Crippen molar-refractivity contribution in [3.63, 3.8) is 0 Å². The predicted molar refractivity (Wildman–Crippen MR) is 106 cm³/mol. The van der Waals surface area contributed by atoms with Gasteiger partial charge in [0.2, 0.25) is 0 Å². The number of nitrogens with one attached hydrogen (secondary N) is 1. The van der Waals surface area contributed by atoms with E-state index in [4.69, 9.17) is 4.74 Å². The first-order chi connectivity index (χ1) is 13.2. The van der Waals surface area contributed by atoms with Crippen LogP contribution in [0.5, 0.6) is 5.75 Å². The number of rotatable bonds is 8. The number of β-amino-alcohol motifs (C(OH)–C–C–N with tert-alkyl or cyclic N) is 1. The van der Waals surface area contributed by atoms with Gasteiger partial charge in [0.1, 0.15) is 5.75 Å². The lowest BCUT2D eigenvalue weighted by Gasteiger charge is -2.30. The van der Waals surface area contributed by atoms with E-state index in [0.717, 1.165) is 31.7 Å². The molecule has 0 fully saturated rings. The van der Waals surface area contributed by atoms with Gasteiger partial charge in [0, 0.05) is 31.7 Å². The van der Waals surface area contributed by atoms with Crippen molar-refractivity contribution in [3.05, 3.63) is 65.2 Å². The Morgan fingerprint density at radius 1 is 1.19 bits per heavy atom. The summed E-state index contributed by atoms with van der Waals surface area (Å²) in [6, 6.07) is 15.5. The summed E-state index contributed by atoms with van der Waals surface area (Å²) in [7, 11) is 0. The third-order valence-corrected chi connectivity index (χ3v) is 4.77. The molecule has 5 heteroatoms. The zero-order chi connectivity index (χ0) is 19.1. The molecule has 0 aromatic heterocycles. The van der Waals surface area contributed by atoms with Gasteiger partial charge in [0.05, 0.1) is 12.7 Å². The molecule has 2 aromatic rings. The highest BCUT2D eigenvalue weighted by Crippen LogP contribution is 2.18. The lowest BCUT2D eigenvalue weighted by atomic mass is 10.00. The van der Waals surface area contributed by atoms with Crippen LogP contribution in [0.2, 0.25) is 0 Å². The molecule has 0 saturated heterocycles. The van der Waals surface area contributed by atoms with Crippen LogP contribution in [-0.2, 0) is 13.0 Å². The quantitative estimate of drug-likeness (QED) is 0.752. The van der Waals surface area contributed by atoms with Crippen molar-refractivity contribution in [2.45, 2.75) is 32.4 Å². The van der Waals surface area contributed by atoms with Crippen molar-refractivity contribution >= 4 is 5.91 Å². The van der Waals surface area contributed by atoms with E-state index in [0.29, 0.717) is 18.7 Å². The summed E-state index contributed by atoms with van der Waals surface area (Å²) < 4.78 is 5.52. The molecule has 0 radical (unpaired) electrons. The highest BCUT2D eigenvalue weighted by molar-refractivity contribution is 5.94. The Hall–Kier alpha value is -2.37. The Balaban J connectivity index is 1.43. The Kier molecular flexibility index (Phi) is 6.85. The minimum Gasteiger partial charge on any atom is -0.494 e. The fraction of sp³-hybridized carbons (Fsp3) is 0.409. The van der Waals surface area contributed by atoms with Gasteiger partial charge in [0.25, 0.3) is 5.91 Å². The molecule has 2 N–H and O–H groups in total. The molecule has 5 nitrogen and oxygen atoms in total. The zero-order valence-electron chi connectivity index (χ0n) is 15.9. The van der Waals surface area contributed by atoms with Gasteiger partial charge in [-0.25, -0.2) is 0 Å². The van der Waals surface area contributed by atoms with Crippen LogP contribution >= 0.6 is 0 Å². The van der Waals surface area contributed by atoms with Gasteiger partial charge < -0.3 is 15.2 Å². The van der Waals surface area contributed by atoms with Crippen LogP contribution in [0.15, 0.2) is 48.5 Å². The van der Waals surface area contributed by atoms with Crippen LogP contribution in [0.1, 0.15) is 34.8 Å². The fourth-order valence-corrected chi connectivity index (χ4v) is 3.31. The van der Waals surface area contributed by atoms with Crippen molar-refractivity contribution in [2.75, 3.05) is 26.2 Å². The summed E-state index contributed by atoms with van der Waals surface area (Å²) in [5, 5.41) is 13.1. The lowest BCUT2D eigenvalue weighted by Crippen LogP contribution is -2.42. The Morgan fingerprint density at radius 2 is 1.93 bits per heavy atom. The van der Waals surface area contributed by atoms with Crippen LogP contribution in [-0.4, -0.2) is 48.3 Å². The summed E-state index contributed by atoms with van der Waals surface area (Å²) in [5.74, 6) is 0.582. The molecular weight excluding hydrogens is 340 g/mol. The van der Waals surface area contributed by atoms with Crippen molar-refractivity contribution in [3.8, 4) is 5.75 Å². The summed E-state index contributed by atoms with van der Waals surface area (Å²) in [6.07, 6.45) is 1.36. The smallest absolute Gasteiger partial charge is 0.251 e. The van der Waals surface area contributed by atoms with E-state index in [1.54, 1.807) is 24.3 Å². The maximum atomic E-state index is 12.3. The van der Waals surface area contributed by atoms with Crippen LogP contribution in [0.3, 0.4) is 0 Å². The Bertz CT molecular complexity index is 745. The molecule has 1 atom stereocenters. The molecule has 0 bridgehead atoms. The summed E-state index contributed by atoms with van der Waals surface area (Å²) >= 11 is 0. The first-order valence-corrected chi connectivity index (χ1v) is 9.64. The molecule has 3 rings (SSSR count). The second kappa shape index (κ2) is 9.53. The molecule has 1 aliphatic rings. The maximum absolute atomic E-state index is 12.3. The number of ether oxygens (including phenoxy) is 1. The minimum absolute atomic E-state index is 0.180. The largest absolute Gasteiger partial charge is 0.494 e. The van der Waals surface area contributed by atoms with Crippen LogP contribution in [0.25, 0.3) is 0 Å². The summed E-state index contributed by atoms with van der Waals surface area (Å²) in [5.41, 5.74) is 3.28.